The molecule has 0 atom stereocenters. The number of hydrogen-bond donors (Lipinski definition) is 0. The second-order valence-corrected chi connectivity index (χ2v) is 1.62. The fourth-order valence-corrected chi connectivity index (χ4v) is 0.358. The van der Waals surface area contributed by atoms with Crippen LogP contribution in [0, 0.1) is 0 Å². The van der Waals surface area contributed by atoms with Gasteiger partial charge in [0, 0.05) is 5.97 Å². The summed E-state index contributed by atoms with van der Waals surface area (Å²) in [4.78, 5) is 18.7. The van der Waals surface area contributed by atoms with E-state index in [1.54, 1.807) is 12.1 Å². The molecule has 0 saturated carbocycles. The molecular formula is C7H7NaO4. The van der Waals surface area contributed by atoms with Crippen LogP contribution in [0.5, 0.6) is 0 Å². The van der Waals surface area contributed by atoms with Crippen molar-refractivity contribution in [2.24, 2.45) is 0 Å². The van der Waals surface area contributed by atoms with Crippen LogP contribution in [0.2, 0.25) is 0 Å². The monoisotopic (exact) mass is 178 g/mol. The van der Waals surface area contributed by atoms with Crippen LogP contribution in [0.3, 0.4) is 0 Å². The molecule has 0 bridgehead atoms. The Morgan fingerprint density at radius 1 is 1.67 bits per heavy atom. The van der Waals surface area contributed by atoms with E-state index in [9.17, 15) is 4.79 Å². The normalized spacial score (nSPS) is 7.08. The van der Waals surface area contributed by atoms with Gasteiger partial charge < -0.3 is 14.3 Å². The van der Waals surface area contributed by atoms with Crippen molar-refractivity contribution in [2.45, 2.75) is 6.92 Å². The summed E-state index contributed by atoms with van der Waals surface area (Å²) in [5, 5.41) is 8.89. The van der Waals surface area contributed by atoms with Crippen molar-refractivity contribution in [3.8, 4) is 0 Å². The van der Waals surface area contributed by atoms with Gasteiger partial charge in [0.15, 0.2) is 12.0 Å². The second kappa shape index (κ2) is 8.52. The van der Waals surface area contributed by atoms with Gasteiger partial charge in [-0.3, -0.25) is 4.79 Å². The van der Waals surface area contributed by atoms with Crippen molar-refractivity contribution in [1.82, 2.24) is 0 Å². The smallest absolute Gasteiger partial charge is 0.550 e. The minimum atomic E-state index is -1.08. The summed E-state index contributed by atoms with van der Waals surface area (Å²) >= 11 is 0. The fourth-order valence-electron chi connectivity index (χ4n) is 0.358. The molecule has 0 aliphatic carbocycles. The predicted octanol–water partition coefficient (Wildman–Crippen LogP) is -3.15. The van der Waals surface area contributed by atoms with Gasteiger partial charge in [0.25, 0.3) is 0 Å². The Kier molecular flexibility index (Phi) is 9.92. The maximum absolute atomic E-state index is 9.77. The standard InChI is InChI=1S/C5H4O2.C2H4O2.Na/c6-4-5-2-1-3-7-5;1-2(3)4;/h1-4H;1H3,(H,3,4);/q;;+1/p-1. The number of furan rings is 1. The Labute approximate surface area is 91.9 Å². The van der Waals surface area contributed by atoms with E-state index in [0.29, 0.717) is 12.0 Å². The molecule has 12 heavy (non-hydrogen) atoms. The van der Waals surface area contributed by atoms with E-state index in [-0.39, 0.29) is 29.6 Å². The topological polar surface area (TPSA) is 70.3 Å². The molecule has 0 fully saturated rings. The number of carboxylic acid groups (broad SMARTS) is 1. The van der Waals surface area contributed by atoms with E-state index >= 15 is 0 Å². The molecule has 1 aromatic rings. The molecule has 0 amide bonds. The van der Waals surface area contributed by atoms with Crippen molar-refractivity contribution in [3.63, 3.8) is 0 Å². The fraction of sp³-hybridized carbons (Fsp3) is 0.143. The Bertz CT molecular complexity index is 213. The summed E-state index contributed by atoms with van der Waals surface area (Å²) in [7, 11) is 0. The first-order chi connectivity index (χ1) is 5.16. The number of aldehydes is 1. The third kappa shape index (κ3) is 9.42. The third-order valence-electron chi connectivity index (χ3n) is 0.659. The Balaban J connectivity index is 0. The number of rotatable bonds is 1. The quantitative estimate of drug-likeness (QED) is 0.336. The van der Waals surface area contributed by atoms with Crippen molar-refractivity contribution < 1.29 is 48.7 Å². The Morgan fingerprint density at radius 2 is 2.17 bits per heavy atom. The summed E-state index contributed by atoms with van der Waals surface area (Å²) in [6.07, 6.45) is 2.13. The van der Waals surface area contributed by atoms with E-state index < -0.39 is 5.97 Å². The van der Waals surface area contributed by atoms with Crippen LogP contribution in [-0.2, 0) is 4.79 Å². The Hall–Kier alpha value is -0.580. The second-order valence-electron chi connectivity index (χ2n) is 1.62. The Morgan fingerprint density at radius 3 is 2.33 bits per heavy atom. The predicted molar refractivity (Wildman–Crippen MR) is 34.8 cm³/mol. The van der Waals surface area contributed by atoms with Crippen LogP contribution in [0.25, 0.3) is 0 Å². The maximum Gasteiger partial charge on any atom is 1.00 e. The molecule has 60 valence electrons. The van der Waals surface area contributed by atoms with Crippen molar-refractivity contribution in [2.75, 3.05) is 0 Å². The number of aliphatic carboxylic acids is 1. The first-order valence-corrected chi connectivity index (χ1v) is 2.83. The summed E-state index contributed by atoms with van der Waals surface area (Å²) in [6, 6.07) is 3.27. The van der Waals surface area contributed by atoms with Crippen LogP contribution >= 0.6 is 0 Å². The number of carbonyl (C=O) groups is 2. The first-order valence-electron chi connectivity index (χ1n) is 2.83. The summed E-state index contributed by atoms with van der Waals surface area (Å²) in [6.45, 7) is 0.972. The molecule has 0 aromatic carbocycles. The van der Waals surface area contributed by atoms with Gasteiger partial charge in [-0.05, 0) is 19.1 Å². The molecule has 0 aliphatic rings. The van der Waals surface area contributed by atoms with Crippen molar-refractivity contribution >= 4 is 12.3 Å². The number of carboxylic acids is 1. The zero-order valence-electron chi connectivity index (χ0n) is 6.94. The van der Waals surface area contributed by atoms with E-state index in [4.69, 9.17) is 9.90 Å². The molecule has 5 heteroatoms. The molecule has 1 rings (SSSR count). The molecular weight excluding hydrogens is 171 g/mol. The molecule has 0 aliphatic heterocycles. The van der Waals surface area contributed by atoms with E-state index in [0.717, 1.165) is 6.92 Å². The van der Waals surface area contributed by atoms with Crippen LogP contribution in [0.4, 0.5) is 0 Å². The minimum Gasteiger partial charge on any atom is -0.550 e. The molecule has 0 saturated heterocycles. The minimum absolute atomic E-state index is 0. The molecule has 0 N–H and O–H groups in total. The van der Waals surface area contributed by atoms with E-state index in [1.165, 1.54) is 6.26 Å². The van der Waals surface area contributed by atoms with Crippen LogP contribution in [0.15, 0.2) is 22.8 Å². The molecule has 1 aromatic heterocycles. The van der Waals surface area contributed by atoms with Crippen molar-refractivity contribution in [1.29, 1.82) is 0 Å². The van der Waals surface area contributed by atoms with Gasteiger partial charge in [-0.25, -0.2) is 0 Å². The average molecular weight is 178 g/mol. The summed E-state index contributed by atoms with van der Waals surface area (Å²) in [5.74, 6) is -0.708. The SMILES string of the molecule is CC(=O)[O-].O=Cc1ccco1.[Na+]. The average Bonchev–Trinajstić information content (AvgIpc) is 2.36. The largest absolute Gasteiger partial charge is 1.00 e. The molecule has 0 unspecified atom stereocenters. The maximum atomic E-state index is 9.77. The van der Waals surface area contributed by atoms with Gasteiger partial charge in [-0.15, -0.1) is 0 Å². The van der Waals surface area contributed by atoms with Crippen molar-refractivity contribution in [3.05, 3.63) is 24.2 Å². The van der Waals surface area contributed by atoms with Crippen LogP contribution in [0.1, 0.15) is 17.5 Å². The van der Waals surface area contributed by atoms with Crippen LogP contribution < -0.4 is 34.7 Å². The zero-order chi connectivity index (χ0) is 8.69. The number of carbonyl (C=O) groups excluding carboxylic acids is 2. The zero-order valence-corrected chi connectivity index (χ0v) is 8.94. The molecule has 0 radical (unpaired) electrons. The van der Waals surface area contributed by atoms with E-state index in [1.807, 2.05) is 0 Å². The van der Waals surface area contributed by atoms with Gasteiger partial charge >= 0.3 is 29.6 Å². The molecule has 0 spiro atoms. The molecule has 1 heterocycles. The van der Waals surface area contributed by atoms with Gasteiger partial charge in [0.1, 0.15) is 0 Å². The van der Waals surface area contributed by atoms with Gasteiger partial charge in [0.2, 0.25) is 0 Å². The van der Waals surface area contributed by atoms with Gasteiger partial charge in [-0.1, -0.05) is 0 Å². The van der Waals surface area contributed by atoms with Crippen LogP contribution in [-0.4, -0.2) is 12.3 Å². The van der Waals surface area contributed by atoms with Gasteiger partial charge in [0.05, 0.1) is 6.26 Å². The van der Waals surface area contributed by atoms with E-state index in [2.05, 4.69) is 4.42 Å². The summed E-state index contributed by atoms with van der Waals surface area (Å²) in [5.41, 5.74) is 0. The third-order valence-corrected chi connectivity index (χ3v) is 0.659. The first kappa shape index (κ1) is 14.0. The number of hydrogen-bond acceptors (Lipinski definition) is 4. The molecule has 4 nitrogen and oxygen atoms in total. The van der Waals surface area contributed by atoms with Gasteiger partial charge in [-0.2, -0.15) is 0 Å². The summed E-state index contributed by atoms with van der Waals surface area (Å²) < 4.78 is 4.61.